The number of aliphatic hydroxyl groups is 1. The molecule has 0 fully saturated rings. The summed E-state index contributed by atoms with van der Waals surface area (Å²) in [6.45, 7) is 7.10. The molecule has 0 aliphatic heterocycles. The van der Waals surface area contributed by atoms with Gasteiger partial charge >= 0.3 is 0 Å². The van der Waals surface area contributed by atoms with Crippen molar-refractivity contribution in [1.82, 2.24) is 5.32 Å². The molecule has 3 heteroatoms. The van der Waals surface area contributed by atoms with Crippen LogP contribution in [-0.4, -0.2) is 30.4 Å². The number of hydrogen-bond acceptors (Lipinski definition) is 3. The van der Waals surface area contributed by atoms with Crippen LogP contribution in [0.1, 0.15) is 26.3 Å². The molecule has 1 aromatic carbocycles. The zero-order valence-corrected chi connectivity index (χ0v) is 10.9. The van der Waals surface area contributed by atoms with Gasteiger partial charge in [0.25, 0.3) is 0 Å². The summed E-state index contributed by atoms with van der Waals surface area (Å²) in [4.78, 5) is 0. The fourth-order valence-corrected chi connectivity index (χ4v) is 1.55. The van der Waals surface area contributed by atoms with Crippen molar-refractivity contribution in [3.63, 3.8) is 0 Å². The Morgan fingerprint density at radius 3 is 2.65 bits per heavy atom. The number of aliphatic hydroxyl groups excluding tert-OH is 1. The fraction of sp³-hybridized carbons (Fsp3) is 0.571. The molecule has 0 aliphatic carbocycles. The van der Waals surface area contributed by atoms with Crippen molar-refractivity contribution in [3.8, 4) is 5.75 Å². The Bertz CT molecular complexity index is 326. The average molecular weight is 237 g/mol. The van der Waals surface area contributed by atoms with Crippen molar-refractivity contribution in [2.75, 3.05) is 13.2 Å². The Morgan fingerprint density at radius 2 is 2.00 bits per heavy atom. The van der Waals surface area contributed by atoms with Crippen molar-refractivity contribution in [3.05, 3.63) is 29.8 Å². The lowest BCUT2D eigenvalue weighted by Gasteiger charge is -2.16. The van der Waals surface area contributed by atoms with Crippen LogP contribution in [0.2, 0.25) is 0 Å². The normalized spacial score (nSPS) is 12.8. The van der Waals surface area contributed by atoms with Crippen LogP contribution in [0.15, 0.2) is 24.3 Å². The summed E-state index contributed by atoms with van der Waals surface area (Å²) in [5.41, 5.74) is 1.18. The third-order valence-corrected chi connectivity index (χ3v) is 2.55. The maximum Gasteiger partial charge on any atom is 0.122 e. The van der Waals surface area contributed by atoms with E-state index in [-0.39, 0.29) is 0 Å². The van der Waals surface area contributed by atoms with E-state index in [4.69, 9.17) is 4.74 Å². The second-order valence-electron chi connectivity index (χ2n) is 4.49. The highest BCUT2D eigenvalue weighted by molar-refractivity contribution is 5.33. The van der Waals surface area contributed by atoms with Crippen LogP contribution in [0.3, 0.4) is 0 Å². The minimum Gasteiger partial charge on any atom is -0.491 e. The highest BCUT2D eigenvalue weighted by atomic mass is 16.5. The minimum absolute atomic E-state index is 0.330. The van der Waals surface area contributed by atoms with Crippen LogP contribution in [-0.2, 0) is 6.42 Å². The first-order valence-electron chi connectivity index (χ1n) is 6.25. The predicted octanol–water partition coefficient (Wildman–Crippen LogP) is 1.99. The van der Waals surface area contributed by atoms with Gasteiger partial charge in [0.2, 0.25) is 0 Å². The third-order valence-electron chi connectivity index (χ3n) is 2.55. The zero-order chi connectivity index (χ0) is 12.7. The first-order chi connectivity index (χ1) is 8.13. The summed E-state index contributed by atoms with van der Waals surface area (Å²) < 4.78 is 5.63. The Balaban J connectivity index is 2.39. The molecule has 0 spiro atoms. The van der Waals surface area contributed by atoms with Gasteiger partial charge in [-0.1, -0.05) is 39.0 Å². The summed E-state index contributed by atoms with van der Waals surface area (Å²) >= 11 is 0. The highest BCUT2D eigenvalue weighted by Crippen LogP contribution is 2.18. The van der Waals surface area contributed by atoms with Crippen molar-refractivity contribution < 1.29 is 9.84 Å². The third kappa shape index (κ3) is 5.20. The number of rotatable bonds is 7. The standard InChI is InChI=1S/C14H23NO2/c1-4-12-7-5-6-8-14(12)17-10-13(16)9-15-11(2)3/h5-8,11,13,15-16H,4,9-10H2,1-3H3. The van der Waals surface area contributed by atoms with Crippen molar-refractivity contribution in [2.24, 2.45) is 0 Å². The summed E-state index contributed by atoms with van der Waals surface area (Å²) in [5.74, 6) is 0.874. The molecule has 0 amide bonds. The van der Waals surface area contributed by atoms with Gasteiger partial charge in [0.15, 0.2) is 0 Å². The second kappa shape index (κ2) is 7.30. The van der Waals surface area contributed by atoms with E-state index < -0.39 is 6.10 Å². The van der Waals surface area contributed by atoms with Crippen molar-refractivity contribution >= 4 is 0 Å². The van der Waals surface area contributed by atoms with Gasteiger partial charge in [0, 0.05) is 12.6 Å². The molecule has 1 atom stereocenters. The second-order valence-corrected chi connectivity index (χ2v) is 4.49. The number of ether oxygens (including phenoxy) is 1. The Kier molecular flexibility index (Phi) is 6.01. The van der Waals surface area contributed by atoms with E-state index in [0.29, 0.717) is 19.2 Å². The van der Waals surface area contributed by atoms with E-state index in [2.05, 4.69) is 26.1 Å². The van der Waals surface area contributed by atoms with Gasteiger partial charge in [-0.2, -0.15) is 0 Å². The lowest BCUT2D eigenvalue weighted by molar-refractivity contribution is 0.104. The first-order valence-corrected chi connectivity index (χ1v) is 6.25. The van der Waals surface area contributed by atoms with E-state index in [0.717, 1.165) is 12.2 Å². The molecule has 0 radical (unpaired) electrons. The number of hydrogen-bond donors (Lipinski definition) is 2. The molecule has 1 unspecified atom stereocenters. The van der Waals surface area contributed by atoms with Gasteiger partial charge in [-0.25, -0.2) is 0 Å². The largest absolute Gasteiger partial charge is 0.491 e. The molecule has 1 rings (SSSR count). The van der Waals surface area contributed by atoms with Gasteiger partial charge in [0.05, 0.1) is 0 Å². The summed E-state index contributed by atoms with van der Waals surface area (Å²) in [5, 5.41) is 12.9. The van der Waals surface area contributed by atoms with E-state index in [1.807, 2.05) is 24.3 Å². The fourth-order valence-electron chi connectivity index (χ4n) is 1.55. The maximum absolute atomic E-state index is 9.74. The summed E-state index contributed by atoms with van der Waals surface area (Å²) in [6.07, 6.45) is 0.471. The smallest absolute Gasteiger partial charge is 0.122 e. The minimum atomic E-state index is -0.470. The van der Waals surface area contributed by atoms with Crippen LogP contribution in [0.25, 0.3) is 0 Å². The maximum atomic E-state index is 9.74. The SMILES string of the molecule is CCc1ccccc1OCC(O)CNC(C)C. The van der Waals surface area contributed by atoms with Crippen LogP contribution in [0.5, 0.6) is 5.75 Å². The molecule has 0 aliphatic rings. The Morgan fingerprint density at radius 1 is 1.29 bits per heavy atom. The number of aryl methyl sites for hydroxylation is 1. The lowest BCUT2D eigenvalue weighted by Crippen LogP contribution is -2.35. The molecular weight excluding hydrogens is 214 g/mol. The van der Waals surface area contributed by atoms with Crippen molar-refractivity contribution in [1.29, 1.82) is 0 Å². The Labute approximate surface area is 104 Å². The van der Waals surface area contributed by atoms with Crippen LogP contribution < -0.4 is 10.1 Å². The molecule has 0 saturated carbocycles. The number of benzene rings is 1. The molecular formula is C14H23NO2. The molecule has 3 nitrogen and oxygen atoms in total. The van der Waals surface area contributed by atoms with Crippen molar-refractivity contribution in [2.45, 2.75) is 39.3 Å². The molecule has 1 aromatic rings. The monoisotopic (exact) mass is 237 g/mol. The lowest BCUT2D eigenvalue weighted by atomic mass is 10.1. The van der Waals surface area contributed by atoms with E-state index in [9.17, 15) is 5.11 Å². The Hall–Kier alpha value is -1.06. The molecule has 96 valence electrons. The molecule has 2 N–H and O–H groups in total. The van der Waals surface area contributed by atoms with Gasteiger partial charge in [-0.05, 0) is 18.1 Å². The molecule has 0 bridgehead atoms. The summed E-state index contributed by atoms with van der Waals surface area (Å²) in [6, 6.07) is 8.33. The van der Waals surface area contributed by atoms with E-state index in [1.165, 1.54) is 5.56 Å². The van der Waals surface area contributed by atoms with Gasteiger partial charge in [-0.15, -0.1) is 0 Å². The molecule has 0 aromatic heterocycles. The number of para-hydroxylation sites is 1. The van der Waals surface area contributed by atoms with E-state index in [1.54, 1.807) is 0 Å². The highest BCUT2D eigenvalue weighted by Gasteiger charge is 2.07. The zero-order valence-electron chi connectivity index (χ0n) is 10.9. The quantitative estimate of drug-likeness (QED) is 0.762. The molecule has 17 heavy (non-hydrogen) atoms. The van der Waals surface area contributed by atoms with E-state index >= 15 is 0 Å². The average Bonchev–Trinajstić information content (AvgIpc) is 2.34. The van der Waals surface area contributed by atoms with Crippen LogP contribution in [0.4, 0.5) is 0 Å². The predicted molar refractivity (Wildman–Crippen MR) is 70.5 cm³/mol. The molecule has 0 saturated heterocycles. The van der Waals surface area contributed by atoms with Crippen LogP contribution in [0, 0.1) is 0 Å². The molecule has 0 heterocycles. The number of nitrogens with one attached hydrogen (secondary N) is 1. The summed E-state index contributed by atoms with van der Waals surface area (Å²) in [7, 11) is 0. The first kappa shape index (κ1) is 14.0. The van der Waals surface area contributed by atoms with Gasteiger partial charge in [-0.3, -0.25) is 0 Å². The van der Waals surface area contributed by atoms with Gasteiger partial charge < -0.3 is 15.2 Å². The topological polar surface area (TPSA) is 41.5 Å². The van der Waals surface area contributed by atoms with Gasteiger partial charge in [0.1, 0.15) is 18.5 Å². The van der Waals surface area contributed by atoms with Crippen LogP contribution >= 0.6 is 0 Å².